The molecule has 2 N–H and O–H groups in total. The van der Waals surface area contributed by atoms with Gasteiger partial charge in [0.25, 0.3) is 5.91 Å². The second-order valence-electron chi connectivity index (χ2n) is 5.16. The van der Waals surface area contributed by atoms with Gasteiger partial charge >= 0.3 is 0 Å². The first-order chi connectivity index (χ1) is 9.61. The number of aromatic nitrogens is 1. The lowest BCUT2D eigenvalue weighted by atomic mass is 9.79. The number of hydrogen-bond donors (Lipinski definition) is 2. The lowest BCUT2D eigenvalue weighted by Crippen LogP contribution is -2.35. The molecule has 2 atom stereocenters. The maximum Gasteiger partial charge on any atom is 0.271 e. The highest BCUT2D eigenvalue weighted by atomic mass is 35.5. The molecule has 6 heteroatoms. The van der Waals surface area contributed by atoms with E-state index in [-0.39, 0.29) is 34.3 Å². The molecule has 2 rings (SSSR count). The zero-order chi connectivity index (χ0) is 14.5. The van der Waals surface area contributed by atoms with E-state index in [1.807, 2.05) is 0 Å². The molecule has 0 aromatic carbocycles. The van der Waals surface area contributed by atoms with E-state index in [4.69, 9.17) is 23.2 Å². The zero-order valence-corrected chi connectivity index (χ0v) is 12.6. The van der Waals surface area contributed by atoms with Gasteiger partial charge in [0.2, 0.25) is 0 Å². The molecule has 1 fully saturated rings. The predicted molar refractivity (Wildman–Crippen MR) is 79.1 cm³/mol. The summed E-state index contributed by atoms with van der Waals surface area (Å²) in [5.41, 5.74) is 0.149. The minimum absolute atomic E-state index is 0.149. The van der Waals surface area contributed by atoms with Crippen LogP contribution in [0.3, 0.4) is 0 Å². The molecule has 0 spiro atoms. The minimum Gasteiger partial charge on any atom is -0.396 e. The Hall–Kier alpha value is -0.840. The normalized spacial score (nSPS) is 22.6. The summed E-state index contributed by atoms with van der Waals surface area (Å²) in [6, 6.07) is 3.10. The maximum absolute atomic E-state index is 12.1. The molecule has 1 aliphatic rings. The van der Waals surface area contributed by atoms with Gasteiger partial charge in [-0.25, -0.2) is 4.98 Å². The molecule has 20 heavy (non-hydrogen) atoms. The van der Waals surface area contributed by atoms with Crippen LogP contribution in [0.15, 0.2) is 12.1 Å². The van der Waals surface area contributed by atoms with Gasteiger partial charge in [-0.15, -0.1) is 0 Å². The molecule has 0 saturated heterocycles. The fourth-order valence-electron chi connectivity index (χ4n) is 2.68. The molecule has 1 aromatic rings. The van der Waals surface area contributed by atoms with Gasteiger partial charge < -0.3 is 10.4 Å². The Morgan fingerprint density at radius 3 is 2.70 bits per heavy atom. The standard InChI is InChI=1S/C14H18Cl2N2O2/c15-11-5-6-12(16)18-13(11)14(20)17-7-9-3-1-2-4-10(9)8-19/h5-6,9-10,19H,1-4,7-8H2,(H,17,20). The number of nitrogens with zero attached hydrogens (tertiary/aromatic N) is 1. The van der Waals surface area contributed by atoms with Crippen molar-refractivity contribution in [1.29, 1.82) is 0 Å². The van der Waals surface area contributed by atoms with Gasteiger partial charge in [0.15, 0.2) is 0 Å². The van der Waals surface area contributed by atoms with Crippen LogP contribution in [-0.4, -0.2) is 29.1 Å². The molecule has 0 radical (unpaired) electrons. The lowest BCUT2D eigenvalue weighted by Gasteiger charge is -2.30. The third kappa shape index (κ3) is 3.84. The van der Waals surface area contributed by atoms with Crippen molar-refractivity contribution in [2.24, 2.45) is 11.8 Å². The Balaban J connectivity index is 1.96. The molecular formula is C14H18Cl2N2O2. The average molecular weight is 317 g/mol. The summed E-state index contributed by atoms with van der Waals surface area (Å²) in [5.74, 6) is 0.266. The van der Waals surface area contributed by atoms with Crippen molar-refractivity contribution < 1.29 is 9.90 Å². The molecule has 110 valence electrons. The Kier molecular flexibility index (Phi) is 5.64. The van der Waals surface area contributed by atoms with Gasteiger partial charge in [-0.2, -0.15) is 0 Å². The summed E-state index contributed by atoms with van der Waals surface area (Å²) in [6.07, 6.45) is 4.35. The number of carbonyl (C=O) groups excluding carboxylic acids is 1. The van der Waals surface area contributed by atoms with Crippen LogP contribution in [-0.2, 0) is 0 Å². The highest BCUT2D eigenvalue weighted by Gasteiger charge is 2.25. The minimum atomic E-state index is -0.320. The molecule has 1 saturated carbocycles. The van der Waals surface area contributed by atoms with E-state index in [1.165, 1.54) is 0 Å². The number of amides is 1. The number of aliphatic hydroxyl groups is 1. The molecule has 1 amide bonds. The predicted octanol–water partition coefficient (Wildman–Crippen LogP) is 2.92. The van der Waals surface area contributed by atoms with Crippen LogP contribution in [0.25, 0.3) is 0 Å². The zero-order valence-electron chi connectivity index (χ0n) is 11.1. The lowest BCUT2D eigenvalue weighted by molar-refractivity contribution is 0.0904. The summed E-state index contributed by atoms with van der Waals surface area (Å²) < 4.78 is 0. The largest absolute Gasteiger partial charge is 0.396 e. The van der Waals surface area contributed by atoms with Crippen LogP contribution in [0.5, 0.6) is 0 Å². The Bertz CT molecular complexity index is 482. The van der Waals surface area contributed by atoms with E-state index in [2.05, 4.69) is 10.3 Å². The molecule has 1 aliphatic carbocycles. The smallest absolute Gasteiger partial charge is 0.271 e. The first-order valence-corrected chi connectivity index (χ1v) is 7.58. The van der Waals surface area contributed by atoms with E-state index in [0.29, 0.717) is 12.5 Å². The summed E-state index contributed by atoms with van der Waals surface area (Å²) in [7, 11) is 0. The van der Waals surface area contributed by atoms with E-state index in [0.717, 1.165) is 25.7 Å². The van der Waals surface area contributed by atoms with Crippen LogP contribution in [0.1, 0.15) is 36.2 Å². The van der Waals surface area contributed by atoms with Crippen molar-refractivity contribution in [3.8, 4) is 0 Å². The number of pyridine rings is 1. The van der Waals surface area contributed by atoms with Gasteiger partial charge in [0.1, 0.15) is 10.8 Å². The van der Waals surface area contributed by atoms with Crippen LogP contribution >= 0.6 is 23.2 Å². The summed E-state index contributed by atoms with van der Waals surface area (Å²) in [5, 5.41) is 12.7. The van der Waals surface area contributed by atoms with Crippen LogP contribution in [0, 0.1) is 11.8 Å². The van der Waals surface area contributed by atoms with E-state index in [1.54, 1.807) is 12.1 Å². The highest BCUT2D eigenvalue weighted by molar-refractivity contribution is 6.34. The SMILES string of the molecule is O=C(NCC1CCCCC1CO)c1nc(Cl)ccc1Cl. The highest BCUT2D eigenvalue weighted by Crippen LogP contribution is 2.29. The molecule has 0 aliphatic heterocycles. The van der Waals surface area contributed by atoms with Gasteiger partial charge in [-0.3, -0.25) is 4.79 Å². The monoisotopic (exact) mass is 316 g/mol. The molecule has 2 unspecified atom stereocenters. The number of halogens is 2. The van der Waals surface area contributed by atoms with Gasteiger partial charge in [0, 0.05) is 13.2 Å². The molecular weight excluding hydrogens is 299 g/mol. The Morgan fingerprint density at radius 2 is 2.00 bits per heavy atom. The van der Waals surface area contributed by atoms with E-state index >= 15 is 0 Å². The molecule has 0 bridgehead atoms. The fourth-order valence-corrected chi connectivity index (χ4v) is 3.02. The first-order valence-electron chi connectivity index (χ1n) is 6.83. The summed E-state index contributed by atoms with van der Waals surface area (Å²) in [4.78, 5) is 16.0. The van der Waals surface area contributed by atoms with Crippen molar-refractivity contribution in [2.45, 2.75) is 25.7 Å². The van der Waals surface area contributed by atoms with Crippen molar-refractivity contribution in [1.82, 2.24) is 10.3 Å². The van der Waals surface area contributed by atoms with Crippen LogP contribution in [0.4, 0.5) is 0 Å². The number of hydrogen-bond acceptors (Lipinski definition) is 3. The van der Waals surface area contributed by atoms with Crippen molar-refractivity contribution in [2.75, 3.05) is 13.2 Å². The number of rotatable bonds is 4. The quantitative estimate of drug-likeness (QED) is 0.839. The average Bonchev–Trinajstić information content (AvgIpc) is 2.47. The number of aliphatic hydroxyl groups excluding tert-OH is 1. The topological polar surface area (TPSA) is 62.2 Å². The van der Waals surface area contributed by atoms with Crippen molar-refractivity contribution >= 4 is 29.1 Å². The van der Waals surface area contributed by atoms with E-state index < -0.39 is 0 Å². The molecule has 1 aromatic heterocycles. The van der Waals surface area contributed by atoms with Crippen molar-refractivity contribution in [3.63, 3.8) is 0 Å². The first kappa shape index (κ1) is 15.5. The number of nitrogens with one attached hydrogen (secondary N) is 1. The Morgan fingerprint density at radius 1 is 1.30 bits per heavy atom. The van der Waals surface area contributed by atoms with Crippen LogP contribution < -0.4 is 5.32 Å². The maximum atomic E-state index is 12.1. The third-order valence-corrected chi connectivity index (χ3v) is 4.37. The second kappa shape index (κ2) is 7.25. The third-order valence-electron chi connectivity index (χ3n) is 3.85. The summed E-state index contributed by atoms with van der Waals surface area (Å²) >= 11 is 11.7. The second-order valence-corrected chi connectivity index (χ2v) is 5.96. The van der Waals surface area contributed by atoms with Gasteiger partial charge in [-0.1, -0.05) is 36.0 Å². The number of carbonyl (C=O) groups is 1. The molecule has 4 nitrogen and oxygen atoms in total. The fraction of sp³-hybridized carbons (Fsp3) is 0.571. The molecule has 1 heterocycles. The van der Waals surface area contributed by atoms with Crippen LogP contribution in [0.2, 0.25) is 10.2 Å². The summed E-state index contributed by atoms with van der Waals surface area (Å²) in [6.45, 7) is 0.714. The van der Waals surface area contributed by atoms with Crippen molar-refractivity contribution in [3.05, 3.63) is 28.0 Å². The van der Waals surface area contributed by atoms with Gasteiger partial charge in [-0.05, 0) is 36.8 Å². The Labute approximate surface area is 128 Å². The van der Waals surface area contributed by atoms with Gasteiger partial charge in [0.05, 0.1) is 5.02 Å². The van der Waals surface area contributed by atoms with E-state index in [9.17, 15) is 9.90 Å².